The molecule has 0 aliphatic heterocycles. The molecule has 2 aromatic carbocycles. The first kappa shape index (κ1) is 26.8. The van der Waals surface area contributed by atoms with Crippen LogP contribution in [-0.2, 0) is 34.2 Å². The molecule has 1 aromatic heterocycles. The molecule has 0 radical (unpaired) electrons. The summed E-state index contributed by atoms with van der Waals surface area (Å²) < 4.78 is 33.5. The molecule has 0 spiro atoms. The van der Waals surface area contributed by atoms with Crippen molar-refractivity contribution in [2.45, 2.75) is 63.5 Å². The van der Waals surface area contributed by atoms with Gasteiger partial charge >= 0.3 is 6.09 Å². The number of sulfonamides is 1. The zero-order valence-electron chi connectivity index (χ0n) is 20.1. The van der Waals surface area contributed by atoms with Gasteiger partial charge in [-0.15, -0.1) is 11.3 Å². The van der Waals surface area contributed by atoms with Gasteiger partial charge in [0.2, 0.25) is 10.0 Å². The molecule has 188 valence electrons. The first-order valence-electron chi connectivity index (χ1n) is 11.7. The van der Waals surface area contributed by atoms with Gasteiger partial charge < -0.3 is 10.1 Å². The maximum absolute atomic E-state index is 12.6. The van der Waals surface area contributed by atoms with E-state index in [0.29, 0.717) is 25.7 Å². The van der Waals surface area contributed by atoms with Crippen molar-refractivity contribution in [1.82, 2.24) is 15.0 Å². The van der Waals surface area contributed by atoms with Crippen molar-refractivity contribution in [3.8, 4) is 0 Å². The molecule has 0 saturated carbocycles. The minimum absolute atomic E-state index is 0.166. The van der Waals surface area contributed by atoms with Crippen LogP contribution in [0.4, 0.5) is 4.79 Å². The molecule has 0 fully saturated rings. The van der Waals surface area contributed by atoms with Crippen molar-refractivity contribution in [1.29, 1.82) is 0 Å². The van der Waals surface area contributed by atoms with Crippen LogP contribution >= 0.6 is 11.3 Å². The van der Waals surface area contributed by atoms with E-state index in [1.165, 1.54) is 11.3 Å². The topological polar surface area (TPSA) is 97.4 Å². The number of ether oxygens (including phenoxy) is 1. The summed E-state index contributed by atoms with van der Waals surface area (Å²) in [4.78, 5) is 17.4. The van der Waals surface area contributed by atoms with E-state index in [0.717, 1.165) is 16.0 Å². The molecule has 35 heavy (non-hydrogen) atoms. The fourth-order valence-electron chi connectivity index (χ4n) is 3.65. The van der Waals surface area contributed by atoms with Crippen LogP contribution in [0.25, 0.3) is 0 Å². The normalized spacial score (nSPS) is 13.3. The van der Waals surface area contributed by atoms with E-state index in [2.05, 4.69) is 15.0 Å². The Morgan fingerprint density at radius 2 is 1.51 bits per heavy atom. The van der Waals surface area contributed by atoms with E-state index in [1.807, 2.05) is 60.7 Å². The van der Waals surface area contributed by atoms with Crippen LogP contribution in [0.3, 0.4) is 0 Å². The van der Waals surface area contributed by atoms with Gasteiger partial charge in [0.15, 0.2) is 0 Å². The zero-order chi connectivity index (χ0) is 25.1. The lowest BCUT2D eigenvalue weighted by Crippen LogP contribution is -2.42. The Hall–Kier alpha value is -2.75. The highest BCUT2D eigenvalue weighted by molar-refractivity contribution is 7.90. The highest BCUT2D eigenvalue weighted by Crippen LogP contribution is 2.15. The number of thiazole rings is 1. The quantitative estimate of drug-likeness (QED) is 0.344. The third-order valence-electron chi connectivity index (χ3n) is 5.62. The standard InChI is InChI=1S/C26H33N3O4S2/c1-20(2)35(31,32)29-24(16-22-11-7-4-8-12-22)14-13-23(15-21-9-5-3-6-10-21)28-26(30)33-18-25-17-27-19-34-25/h3-12,17,19-20,23-24,29H,13-16,18H2,1-2H3,(H,28,30). The minimum atomic E-state index is -3.45. The Balaban J connectivity index is 1.68. The molecule has 0 aliphatic carbocycles. The van der Waals surface area contributed by atoms with E-state index in [1.54, 1.807) is 25.6 Å². The minimum Gasteiger partial charge on any atom is -0.444 e. The molecular formula is C26H33N3O4S2. The maximum Gasteiger partial charge on any atom is 0.407 e. The van der Waals surface area contributed by atoms with Crippen LogP contribution in [0.2, 0.25) is 0 Å². The molecule has 1 heterocycles. The van der Waals surface area contributed by atoms with Gasteiger partial charge in [-0.2, -0.15) is 0 Å². The molecule has 0 aliphatic rings. The Morgan fingerprint density at radius 1 is 0.943 bits per heavy atom. The number of nitrogens with one attached hydrogen (secondary N) is 2. The highest BCUT2D eigenvalue weighted by Gasteiger charge is 2.23. The third kappa shape index (κ3) is 9.43. The number of carbonyl (C=O) groups excluding carboxylic acids is 1. The number of amides is 1. The Bertz CT molecular complexity index is 1120. The SMILES string of the molecule is CC(C)S(=O)(=O)NC(CCC(Cc1ccccc1)NC(=O)OCc1cncs1)Cc1ccccc1. The molecule has 3 rings (SSSR count). The lowest BCUT2D eigenvalue weighted by molar-refractivity contribution is 0.135. The highest BCUT2D eigenvalue weighted by atomic mass is 32.2. The average molecular weight is 516 g/mol. The molecule has 2 N–H and O–H groups in total. The van der Waals surface area contributed by atoms with Gasteiger partial charge in [-0.1, -0.05) is 60.7 Å². The van der Waals surface area contributed by atoms with Crippen molar-refractivity contribution >= 4 is 27.5 Å². The number of hydrogen-bond acceptors (Lipinski definition) is 6. The van der Waals surface area contributed by atoms with Crippen LogP contribution in [-0.4, -0.2) is 36.8 Å². The van der Waals surface area contributed by atoms with E-state index in [-0.39, 0.29) is 18.7 Å². The Morgan fingerprint density at radius 3 is 2.06 bits per heavy atom. The Kier molecular flexibility index (Phi) is 10.3. The van der Waals surface area contributed by atoms with Gasteiger partial charge in [-0.25, -0.2) is 17.9 Å². The van der Waals surface area contributed by atoms with E-state index in [9.17, 15) is 13.2 Å². The van der Waals surface area contributed by atoms with Gasteiger partial charge in [-0.3, -0.25) is 4.98 Å². The lowest BCUT2D eigenvalue weighted by Gasteiger charge is -2.24. The predicted octanol–water partition coefficient (Wildman–Crippen LogP) is 4.70. The first-order chi connectivity index (χ1) is 16.8. The van der Waals surface area contributed by atoms with Gasteiger partial charge in [0.05, 0.1) is 15.6 Å². The summed E-state index contributed by atoms with van der Waals surface area (Å²) in [6.07, 6.45) is 3.51. The fourth-order valence-corrected chi connectivity index (χ4v) is 5.10. The second-order valence-corrected chi connectivity index (χ2v) is 12.0. The van der Waals surface area contributed by atoms with Crippen molar-refractivity contribution in [3.05, 3.63) is 88.4 Å². The largest absolute Gasteiger partial charge is 0.444 e. The number of rotatable bonds is 13. The van der Waals surface area contributed by atoms with Gasteiger partial charge in [-0.05, 0) is 50.7 Å². The number of benzene rings is 2. The molecule has 0 bridgehead atoms. The molecule has 9 heteroatoms. The van der Waals surface area contributed by atoms with Crippen LogP contribution in [0, 0.1) is 0 Å². The second-order valence-electron chi connectivity index (χ2n) is 8.75. The summed E-state index contributed by atoms with van der Waals surface area (Å²) in [6, 6.07) is 19.2. The van der Waals surface area contributed by atoms with Crippen LogP contribution in [0.1, 0.15) is 42.7 Å². The smallest absolute Gasteiger partial charge is 0.407 e. The second kappa shape index (κ2) is 13.4. The number of hydrogen-bond donors (Lipinski definition) is 2. The number of nitrogens with zero attached hydrogens (tertiary/aromatic N) is 1. The number of alkyl carbamates (subject to hydrolysis) is 1. The van der Waals surface area contributed by atoms with E-state index >= 15 is 0 Å². The molecule has 2 unspecified atom stereocenters. The van der Waals surface area contributed by atoms with Crippen molar-refractivity contribution in [3.63, 3.8) is 0 Å². The van der Waals surface area contributed by atoms with Gasteiger partial charge in [0.25, 0.3) is 0 Å². The predicted molar refractivity (Wildman–Crippen MR) is 140 cm³/mol. The summed E-state index contributed by atoms with van der Waals surface area (Å²) in [6.45, 7) is 3.50. The van der Waals surface area contributed by atoms with Gasteiger partial charge in [0, 0.05) is 18.3 Å². The van der Waals surface area contributed by atoms with Crippen molar-refractivity contribution in [2.75, 3.05) is 0 Å². The first-order valence-corrected chi connectivity index (χ1v) is 14.1. The third-order valence-corrected chi connectivity index (χ3v) is 8.27. The number of aromatic nitrogens is 1. The molecular weight excluding hydrogens is 482 g/mol. The van der Waals surface area contributed by atoms with E-state index < -0.39 is 21.4 Å². The fraction of sp³-hybridized carbons (Fsp3) is 0.385. The molecule has 2 atom stereocenters. The molecule has 7 nitrogen and oxygen atoms in total. The number of carbonyl (C=O) groups is 1. The van der Waals surface area contributed by atoms with E-state index in [4.69, 9.17) is 4.74 Å². The van der Waals surface area contributed by atoms with Crippen LogP contribution in [0.15, 0.2) is 72.4 Å². The summed E-state index contributed by atoms with van der Waals surface area (Å²) in [5, 5.41) is 2.45. The van der Waals surface area contributed by atoms with Crippen LogP contribution in [0.5, 0.6) is 0 Å². The lowest BCUT2D eigenvalue weighted by atomic mass is 9.96. The summed E-state index contributed by atoms with van der Waals surface area (Å²) in [5.74, 6) is 0. The molecule has 1 amide bonds. The summed E-state index contributed by atoms with van der Waals surface area (Å²) in [5.41, 5.74) is 3.84. The van der Waals surface area contributed by atoms with Crippen LogP contribution < -0.4 is 10.0 Å². The molecule has 0 saturated heterocycles. The maximum atomic E-state index is 12.6. The molecule has 3 aromatic rings. The van der Waals surface area contributed by atoms with Crippen molar-refractivity contribution in [2.24, 2.45) is 0 Å². The van der Waals surface area contributed by atoms with Gasteiger partial charge in [0.1, 0.15) is 6.61 Å². The van der Waals surface area contributed by atoms with Crippen molar-refractivity contribution < 1.29 is 17.9 Å². The average Bonchev–Trinajstić information content (AvgIpc) is 3.36. The summed E-state index contributed by atoms with van der Waals surface area (Å²) >= 11 is 1.43. The monoisotopic (exact) mass is 515 g/mol. The Labute approximate surface area is 212 Å². The summed E-state index contributed by atoms with van der Waals surface area (Å²) in [7, 11) is -3.45. The zero-order valence-corrected chi connectivity index (χ0v) is 21.7.